The van der Waals surface area contributed by atoms with Gasteiger partial charge in [-0.05, 0) is 48.9 Å². The van der Waals surface area contributed by atoms with E-state index < -0.39 is 11.4 Å². The predicted molar refractivity (Wildman–Crippen MR) is 81.9 cm³/mol. The molecule has 1 aromatic rings. The molecule has 21 heavy (non-hydrogen) atoms. The van der Waals surface area contributed by atoms with Crippen LogP contribution in [-0.4, -0.2) is 17.0 Å². The van der Waals surface area contributed by atoms with Crippen molar-refractivity contribution in [2.45, 2.75) is 44.6 Å². The third-order valence-corrected chi connectivity index (χ3v) is 5.27. The van der Waals surface area contributed by atoms with Gasteiger partial charge in [0.1, 0.15) is 0 Å². The first-order valence-electron chi connectivity index (χ1n) is 7.31. The second-order valence-electron chi connectivity index (χ2n) is 6.12. The Bertz CT molecular complexity index is 595. The minimum atomic E-state index is -0.834. The minimum absolute atomic E-state index is 0.0199. The molecule has 2 N–H and O–H groups in total. The number of carboxylic acid groups (broad SMARTS) is 1. The standard InChI is InChI=1S/C16H18BrNO3/c17-11-3-4-12-10(8-11)2-5-13(12)18-14(19)9-16(15(20)21)6-1-7-16/h3-4,8,13H,1-2,5-7,9H2,(H,18,19)(H,20,21). The van der Waals surface area contributed by atoms with Gasteiger partial charge < -0.3 is 10.4 Å². The summed E-state index contributed by atoms with van der Waals surface area (Å²) < 4.78 is 1.05. The molecule has 0 spiro atoms. The quantitative estimate of drug-likeness (QED) is 0.875. The van der Waals surface area contributed by atoms with E-state index >= 15 is 0 Å². The molecule has 1 atom stereocenters. The molecule has 1 saturated carbocycles. The van der Waals surface area contributed by atoms with Gasteiger partial charge in [0.25, 0.3) is 0 Å². The van der Waals surface area contributed by atoms with Crippen LogP contribution in [0.1, 0.15) is 49.3 Å². The van der Waals surface area contributed by atoms with Gasteiger partial charge in [-0.3, -0.25) is 9.59 Å². The molecule has 4 nitrogen and oxygen atoms in total. The van der Waals surface area contributed by atoms with Gasteiger partial charge in [-0.1, -0.05) is 28.4 Å². The van der Waals surface area contributed by atoms with Gasteiger partial charge in [-0.15, -0.1) is 0 Å². The lowest BCUT2D eigenvalue weighted by Crippen LogP contribution is -2.43. The number of rotatable bonds is 4. The number of aryl methyl sites for hydroxylation is 1. The van der Waals surface area contributed by atoms with Crippen LogP contribution in [0.4, 0.5) is 0 Å². The SMILES string of the molecule is O=C(CC1(C(=O)O)CCC1)NC1CCc2cc(Br)ccc21. The Balaban J connectivity index is 1.66. The molecule has 3 rings (SSSR count). The topological polar surface area (TPSA) is 66.4 Å². The van der Waals surface area contributed by atoms with Crippen molar-refractivity contribution >= 4 is 27.8 Å². The van der Waals surface area contributed by atoms with E-state index in [1.165, 1.54) is 5.56 Å². The fraction of sp³-hybridized carbons (Fsp3) is 0.500. The van der Waals surface area contributed by atoms with Crippen LogP contribution in [0.3, 0.4) is 0 Å². The van der Waals surface area contributed by atoms with Gasteiger partial charge in [-0.2, -0.15) is 0 Å². The summed E-state index contributed by atoms with van der Waals surface area (Å²) in [6.07, 6.45) is 4.07. The highest BCUT2D eigenvalue weighted by Crippen LogP contribution is 2.44. The monoisotopic (exact) mass is 351 g/mol. The van der Waals surface area contributed by atoms with Gasteiger partial charge in [0.05, 0.1) is 11.5 Å². The van der Waals surface area contributed by atoms with Crippen molar-refractivity contribution in [3.8, 4) is 0 Å². The lowest BCUT2D eigenvalue weighted by atomic mass is 9.66. The highest BCUT2D eigenvalue weighted by molar-refractivity contribution is 9.10. The van der Waals surface area contributed by atoms with Crippen molar-refractivity contribution in [1.82, 2.24) is 5.32 Å². The third kappa shape index (κ3) is 2.71. The average Bonchev–Trinajstić information content (AvgIpc) is 2.75. The Kier molecular flexibility index (Phi) is 3.78. The summed E-state index contributed by atoms with van der Waals surface area (Å²) in [6, 6.07) is 6.12. The van der Waals surface area contributed by atoms with E-state index in [-0.39, 0.29) is 18.4 Å². The van der Waals surface area contributed by atoms with E-state index in [2.05, 4.69) is 27.3 Å². The maximum Gasteiger partial charge on any atom is 0.310 e. The van der Waals surface area contributed by atoms with E-state index in [1.54, 1.807) is 0 Å². The zero-order chi connectivity index (χ0) is 15.0. The van der Waals surface area contributed by atoms with Gasteiger partial charge >= 0.3 is 5.97 Å². The molecule has 1 unspecified atom stereocenters. The summed E-state index contributed by atoms with van der Waals surface area (Å²) in [6.45, 7) is 0. The summed E-state index contributed by atoms with van der Waals surface area (Å²) in [5, 5.41) is 12.3. The van der Waals surface area contributed by atoms with Crippen molar-refractivity contribution < 1.29 is 14.7 Å². The Morgan fingerprint density at radius 2 is 2.14 bits per heavy atom. The fourth-order valence-corrected chi connectivity index (χ4v) is 3.77. The molecule has 0 saturated heterocycles. The van der Waals surface area contributed by atoms with Crippen LogP contribution in [0, 0.1) is 5.41 Å². The van der Waals surface area contributed by atoms with Gasteiger partial charge in [-0.25, -0.2) is 0 Å². The van der Waals surface area contributed by atoms with Crippen LogP contribution in [-0.2, 0) is 16.0 Å². The molecule has 1 amide bonds. The zero-order valence-electron chi connectivity index (χ0n) is 11.7. The predicted octanol–water partition coefficient (Wildman–Crippen LogP) is 3.20. The zero-order valence-corrected chi connectivity index (χ0v) is 13.3. The van der Waals surface area contributed by atoms with E-state index in [9.17, 15) is 14.7 Å². The van der Waals surface area contributed by atoms with Crippen LogP contribution >= 0.6 is 15.9 Å². The molecule has 1 aromatic carbocycles. The Morgan fingerprint density at radius 3 is 2.76 bits per heavy atom. The fourth-order valence-electron chi connectivity index (χ4n) is 3.36. The summed E-state index contributed by atoms with van der Waals surface area (Å²) in [7, 11) is 0. The summed E-state index contributed by atoms with van der Waals surface area (Å²) in [5.41, 5.74) is 1.60. The molecule has 2 aliphatic carbocycles. The molecule has 1 fully saturated rings. The maximum atomic E-state index is 12.2. The van der Waals surface area contributed by atoms with Crippen molar-refractivity contribution in [3.05, 3.63) is 33.8 Å². The maximum absolute atomic E-state index is 12.2. The average molecular weight is 352 g/mol. The molecule has 0 bridgehead atoms. The number of carboxylic acids is 1. The van der Waals surface area contributed by atoms with Crippen molar-refractivity contribution in [2.75, 3.05) is 0 Å². The van der Waals surface area contributed by atoms with Crippen molar-refractivity contribution in [2.24, 2.45) is 5.41 Å². The summed E-state index contributed by atoms with van der Waals surface area (Å²) >= 11 is 3.46. The number of hydrogen-bond acceptors (Lipinski definition) is 2. The van der Waals surface area contributed by atoms with Gasteiger partial charge in [0.2, 0.25) is 5.91 Å². The van der Waals surface area contributed by atoms with Crippen molar-refractivity contribution in [3.63, 3.8) is 0 Å². The number of nitrogens with one attached hydrogen (secondary N) is 1. The lowest BCUT2D eigenvalue weighted by Gasteiger charge is -2.37. The van der Waals surface area contributed by atoms with Crippen LogP contribution in [0.5, 0.6) is 0 Å². The molecule has 5 heteroatoms. The molecule has 112 valence electrons. The number of amides is 1. The second kappa shape index (κ2) is 5.44. The lowest BCUT2D eigenvalue weighted by molar-refractivity contribution is -0.157. The minimum Gasteiger partial charge on any atom is -0.481 e. The summed E-state index contributed by atoms with van der Waals surface area (Å²) in [4.78, 5) is 23.5. The van der Waals surface area contributed by atoms with Crippen LogP contribution in [0.2, 0.25) is 0 Å². The first-order valence-corrected chi connectivity index (χ1v) is 8.11. The number of halogens is 1. The van der Waals surface area contributed by atoms with E-state index in [0.29, 0.717) is 12.8 Å². The number of benzene rings is 1. The Labute approximate surface area is 132 Å². The molecule has 0 aromatic heterocycles. The van der Waals surface area contributed by atoms with Crippen LogP contribution in [0.15, 0.2) is 22.7 Å². The van der Waals surface area contributed by atoms with Crippen molar-refractivity contribution in [1.29, 1.82) is 0 Å². The Morgan fingerprint density at radius 1 is 1.38 bits per heavy atom. The second-order valence-corrected chi connectivity index (χ2v) is 7.03. The van der Waals surface area contributed by atoms with Crippen LogP contribution in [0.25, 0.3) is 0 Å². The van der Waals surface area contributed by atoms with Crippen LogP contribution < -0.4 is 5.32 Å². The van der Waals surface area contributed by atoms with Gasteiger partial charge in [0, 0.05) is 10.9 Å². The molecule has 0 aliphatic heterocycles. The summed E-state index contributed by atoms with van der Waals surface area (Å²) in [5.74, 6) is -0.975. The molecule has 2 aliphatic rings. The Hall–Kier alpha value is -1.36. The number of hydrogen-bond donors (Lipinski definition) is 2. The van der Waals surface area contributed by atoms with Gasteiger partial charge in [0.15, 0.2) is 0 Å². The largest absolute Gasteiger partial charge is 0.481 e. The highest BCUT2D eigenvalue weighted by Gasteiger charge is 2.46. The molecular formula is C16H18BrNO3. The molecule has 0 heterocycles. The molecular weight excluding hydrogens is 334 g/mol. The number of aliphatic carboxylic acids is 1. The number of carbonyl (C=O) groups is 2. The first-order chi connectivity index (χ1) is 10.00. The third-order valence-electron chi connectivity index (χ3n) is 4.78. The number of fused-ring (bicyclic) bond motifs is 1. The van der Waals surface area contributed by atoms with E-state index in [0.717, 1.165) is 29.3 Å². The highest BCUT2D eigenvalue weighted by atomic mass is 79.9. The smallest absolute Gasteiger partial charge is 0.310 e. The first kappa shape index (κ1) is 14.6. The normalized spacial score (nSPS) is 22.2. The van der Waals surface area contributed by atoms with E-state index in [1.807, 2.05) is 12.1 Å². The number of carbonyl (C=O) groups excluding carboxylic acids is 1. The van der Waals surface area contributed by atoms with E-state index in [4.69, 9.17) is 0 Å². The molecule has 0 radical (unpaired) electrons.